The number of aromatic nitrogens is 3. The molecule has 0 radical (unpaired) electrons. The van der Waals surface area contributed by atoms with Crippen molar-refractivity contribution in [3.63, 3.8) is 0 Å². The van der Waals surface area contributed by atoms with E-state index in [1.54, 1.807) is 18.5 Å². The van der Waals surface area contributed by atoms with E-state index in [0.717, 1.165) is 11.3 Å². The molecule has 0 spiro atoms. The number of nitrogens with one attached hydrogen (secondary N) is 2. The number of aromatic amines is 2. The molecule has 5 heteroatoms. The fraction of sp³-hybridized carbons (Fsp3) is 0.0769. The van der Waals surface area contributed by atoms with E-state index in [1.165, 1.54) is 0 Å². The Balaban J connectivity index is 2.40. The Bertz CT molecular complexity index is 771. The Kier molecular flexibility index (Phi) is 2.19. The van der Waals surface area contributed by atoms with Gasteiger partial charge in [-0.25, -0.2) is 0 Å². The van der Waals surface area contributed by atoms with Gasteiger partial charge in [-0.1, -0.05) is 0 Å². The fourth-order valence-corrected chi connectivity index (χ4v) is 2.17. The average molecular weight is 240 g/mol. The lowest BCUT2D eigenvalue weighted by Crippen LogP contribution is -2.08. The molecule has 0 saturated heterocycles. The Hall–Kier alpha value is -2.56. The maximum absolute atomic E-state index is 12.4. The summed E-state index contributed by atoms with van der Waals surface area (Å²) >= 11 is 0. The van der Waals surface area contributed by atoms with Gasteiger partial charge in [0.2, 0.25) is 0 Å². The van der Waals surface area contributed by atoms with Crippen molar-refractivity contribution in [3.05, 3.63) is 46.5 Å². The molecule has 0 aliphatic rings. The Morgan fingerprint density at radius 2 is 1.94 bits per heavy atom. The first-order valence-corrected chi connectivity index (χ1v) is 5.58. The predicted molar refractivity (Wildman–Crippen MR) is 71.3 cm³/mol. The summed E-state index contributed by atoms with van der Waals surface area (Å²) in [5.41, 5.74) is 8.62. The molecule has 0 aliphatic carbocycles. The van der Waals surface area contributed by atoms with Crippen molar-refractivity contribution in [3.8, 4) is 11.1 Å². The zero-order chi connectivity index (χ0) is 12.7. The zero-order valence-electron chi connectivity index (χ0n) is 9.82. The molecule has 0 saturated carbocycles. The van der Waals surface area contributed by atoms with Crippen LogP contribution >= 0.6 is 0 Å². The van der Waals surface area contributed by atoms with Crippen LogP contribution in [0, 0.1) is 6.92 Å². The summed E-state index contributed by atoms with van der Waals surface area (Å²) < 4.78 is 0. The summed E-state index contributed by atoms with van der Waals surface area (Å²) in [5.74, 6) is 0.477. The Labute approximate surface area is 103 Å². The van der Waals surface area contributed by atoms with Gasteiger partial charge in [0.25, 0.3) is 0 Å². The summed E-state index contributed by atoms with van der Waals surface area (Å²) in [6, 6.07) is 5.29. The van der Waals surface area contributed by atoms with Crippen LogP contribution in [0.2, 0.25) is 0 Å². The van der Waals surface area contributed by atoms with E-state index in [-0.39, 0.29) is 5.43 Å². The largest absolute Gasteiger partial charge is 0.385 e. The van der Waals surface area contributed by atoms with Crippen LogP contribution in [0.4, 0.5) is 5.82 Å². The van der Waals surface area contributed by atoms with Crippen LogP contribution in [-0.2, 0) is 0 Å². The molecule has 3 rings (SSSR count). The predicted octanol–water partition coefficient (Wildman–Crippen LogP) is 1.81. The van der Waals surface area contributed by atoms with Crippen molar-refractivity contribution >= 4 is 16.9 Å². The van der Waals surface area contributed by atoms with E-state index in [2.05, 4.69) is 15.0 Å². The van der Waals surface area contributed by atoms with E-state index >= 15 is 0 Å². The molecular formula is C13H12N4O. The fourth-order valence-electron chi connectivity index (χ4n) is 2.17. The van der Waals surface area contributed by atoms with Gasteiger partial charge < -0.3 is 15.7 Å². The van der Waals surface area contributed by atoms with Crippen LogP contribution in [0.3, 0.4) is 0 Å². The number of rotatable bonds is 1. The molecule has 0 atom stereocenters. The van der Waals surface area contributed by atoms with Crippen LogP contribution in [0.15, 0.2) is 35.4 Å². The van der Waals surface area contributed by atoms with Gasteiger partial charge in [-0.15, -0.1) is 0 Å². The number of nitrogen functional groups attached to an aromatic ring is 1. The second-order valence-corrected chi connectivity index (χ2v) is 4.20. The maximum atomic E-state index is 12.4. The molecule has 18 heavy (non-hydrogen) atoms. The molecule has 0 aliphatic heterocycles. The highest BCUT2D eigenvalue weighted by atomic mass is 16.1. The third-order valence-electron chi connectivity index (χ3n) is 2.97. The van der Waals surface area contributed by atoms with Crippen LogP contribution in [0.25, 0.3) is 22.2 Å². The van der Waals surface area contributed by atoms with E-state index < -0.39 is 0 Å². The second kappa shape index (κ2) is 3.73. The van der Waals surface area contributed by atoms with Gasteiger partial charge in [0, 0.05) is 23.7 Å². The summed E-state index contributed by atoms with van der Waals surface area (Å²) in [6.45, 7) is 1.87. The lowest BCUT2D eigenvalue weighted by molar-refractivity contribution is 1.21. The van der Waals surface area contributed by atoms with Crippen LogP contribution in [-0.4, -0.2) is 15.0 Å². The van der Waals surface area contributed by atoms with E-state index in [9.17, 15) is 4.79 Å². The normalized spacial score (nSPS) is 10.9. The van der Waals surface area contributed by atoms with Crippen molar-refractivity contribution in [1.82, 2.24) is 15.0 Å². The van der Waals surface area contributed by atoms with Gasteiger partial charge in [0.15, 0.2) is 5.43 Å². The SMILES string of the molecule is Cc1[nH]c2[nH]c(N)cc2c(=O)c1-c1ccncc1. The summed E-state index contributed by atoms with van der Waals surface area (Å²) in [5, 5.41) is 0.574. The number of pyridine rings is 2. The lowest BCUT2D eigenvalue weighted by Gasteiger charge is -2.05. The number of nitrogens with two attached hydrogens (primary N) is 1. The first kappa shape index (κ1) is 10.6. The molecule has 3 aromatic heterocycles. The molecule has 5 nitrogen and oxygen atoms in total. The first-order chi connectivity index (χ1) is 8.66. The average Bonchev–Trinajstić information content (AvgIpc) is 2.71. The van der Waals surface area contributed by atoms with Crippen LogP contribution < -0.4 is 11.2 Å². The van der Waals surface area contributed by atoms with Gasteiger partial charge in [-0.3, -0.25) is 9.78 Å². The van der Waals surface area contributed by atoms with Crippen molar-refractivity contribution < 1.29 is 0 Å². The van der Waals surface area contributed by atoms with Gasteiger partial charge in [0.05, 0.1) is 5.39 Å². The molecule has 3 aromatic rings. The smallest absolute Gasteiger partial charge is 0.199 e. The van der Waals surface area contributed by atoms with Gasteiger partial charge in [-0.2, -0.15) is 0 Å². The summed E-state index contributed by atoms with van der Waals surface area (Å²) in [6.07, 6.45) is 3.34. The molecule has 0 unspecified atom stereocenters. The van der Waals surface area contributed by atoms with Crippen molar-refractivity contribution in [1.29, 1.82) is 0 Å². The third-order valence-corrected chi connectivity index (χ3v) is 2.97. The van der Waals surface area contributed by atoms with Gasteiger partial charge >= 0.3 is 0 Å². The summed E-state index contributed by atoms with van der Waals surface area (Å²) in [7, 11) is 0. The molecule has 0 fully saturated rings. The number of H-pyrrole nitrogens is 2. The number of nitrogens with zero attached hydrogens (tertiary/aromatic N) is 1. The molecule has 90 valence electrons. The minimum Gasteiger partial charge on any atom is -0.385 e. The highest BCUT2D eigenvalue weighted by Crippen LogP contribution is 2.21. The highest BCUT2D eigenvalue weighted by molar-refractivity contribution is 5.85. The van der Waals surface area contributed by atoms with E-state index in [0.29, 0.717) is 22.4 Å². The summed E-state index contributed by atoms with van der Waals surface area (Å²) in [4.78, 5) is 22.5. The van der Waals surface area contributed by atoms with Crippen LogP contribution in [0.1, 0.15) is 5.69 Å². The number of fused-ring (bicyclic) bond motifs is 1. The van der Waals surface area contributed by atoms with Crippen molar-refractivity contribution in [2.75, 3.05) is 5.73 Å². The Morgan fingerprint density at radius 1 is 1.22 bits per heavy atom. The quantitative estimate of drug-likeness (QED) is 0.606. The molecule has 0 bridgehead atoms. The van der Waals surface area contributed by atoms with Crippen molar-refractivity contribution in [2.45, 2.75) is 6.92 Å². The monoisotopic (exact) mass is 240 g/mol. The minimum absolute atomic E-state index is 0.0274. The second-order valence-electron chi connectivity index (χ2n) is 4.20. The van der Waals surface area contributed by atoms with Crippen molar-refractivity contribution in [2.24, 2.45) is 0 Å². The number of anilines is 1. The van der Waals surface area contributed by atoms with Crippen LogP contribution in [0.5, 0.6) is 0 Å². The Morgan fingerprint density at radius 3 is 2.67 bits per heavy atom. The zero-order valence-corrected chi connectivity index (χ0v) is 9.82. The molecule has 0 amide bonds. The van der Waals surface area contributed by atoms with Gasteiger partial charge in [0.1, 0.15) is 11.5 Å². The van der Waals surface area contributed by atoms with E-state index in [1.807, 2.05) is 19.1 Å². The number of aryl methyl sites for hydroxylation is 1. The molecule has 4 N–H and O–H groups in total. The minimum atomic E-state index is -0.0274. The first-order valence-electron chi connectivity index (χ1n) is 5.58. The number of hydrogen-bond donors (Lipinski definition) is 3. The standard InChI is InChI=1S/C13H12N4O/c1-7-11(8-2-4-15-5-3-8)12(18)9-6-10(14)17-13(9)16-7/h2-6H,14H2,1H3,(H2,16,17,18). The highest BCUT2D eigenvalue weighted by Gasteiger charge is 2.12. The molecular weight excluding hydrogens is 228 g/mol. The topological polar surface area (TPSA) is 87.6 Å². The molecule has 0 aromatic carbocycles. The lowest BCUT2D eigenvalue weighted by atomic mass is 10.0. The third kappa shape index (κ3) is 1.48. The molecule has 3 heterocycles. The van der Waals surface area contributed by atoms with E-state index in [4.69, 9.17) is 5.73 Å². The number of hydrogen-bond acceptors (Lipinski definition) is 3. The maximum Gasteiger partial charge on any atom is 0.199 e. The van der Waals surface area contributed by atoms with Gasteiger partial charge in [-0.05, 0) is 30.7 Å².